The summed E-state index contributed by atoms with van der Waals surface area (Å²) in [6.07, 6.45) is 2.05. The molecule has 0 atom stereocenters. The molecule has 142 valence electrons. The highest BCUT2D eigenvalue weighted by Gasteiger charge is 2.14. The number of sulfonamides is 1. The highest BCUT2D eigenvalue weighted by Crippen LogP contribution is 2.23. The van der Waals surface area contributed by atoms with Crippen molar-refractivity contribution in [1.82, 2.24) is 19.3 Å². The smallest absolute Gasteiger partial charge is 0.249 e. The zero-order valence-electron chi connectivity index (χ0n) is 14.6. The Morgan fingerprint density at radius 3 is 2.78 bits per heavy atom. The molecule has 1 amide bonds. The quantitative estimate of drug-likeness (QED) is 0.518. The van der Waals surface area contributed by atoms with E-state index in [0.717, 1.165) is 5.56 Å². The lowest BCUT2D eigenvalue weighted by molar-refractivity contribution is -0.114. The van der Waals surface area contributed by atoms with Gasteiger partial charge in [-0.15, -0.1) is 5.10 Å². The van der Waals surface area contributed by atoms with Gasteiger partial charge in [0.2, 0.25) is 21.9 Å². The molecule has 0 aliphatic heterocycles. The second-order valence-corrected chi connectivity index (χ2v) is 7.61. The fourth-order valence-corrected chi connectivity index (χ4v) is 3.60. The van der Waals surface area contributed by atoms with Crippen LogP contribution in [0, 0.1) is 0 Å². The molecule has 0 radical (unpaired) electrons. The van der Waals surface area contributed by atoms with Gasteiger partial charge in [0.1, 0.15) is 0 Å². The first-order valence-electron chi connectivity index (χ1n) is 8.24. The number of anilines is 1. The van der Waals surface area contributed by atoms with Gasteiger partial charge < -0.3 is 5.11 Å². The number of benzene rings is 1. The maximum Gasteiger partial charge on any atom is 0.249 e. The van der Waals surface area contributed by atoms with Gasteiger partial charge in [0.05, 0.1) is 4.90 Å². The van der Waals surface area contributed by atoms with Crippen molar-refractivity contribution in [1.29, 1.82) is 0 Å². The predicted octanol–water partition coefficient (Wildman–Crippen LogP) is 1.02. The zero-order chi connectivity index (χ0) is 19.4. The first-order valence-corrected chi connectivity index (χ1v) is 9.72. The fraction of sp³-hybridized carbons (Fsp3) is 0.235. The molecule has 3 N–H and O–H groups in total. The molecule has 0 aliphatic carbocycles. The number of fused-ring (bicyclic) bond motifs is 1. The summed E-state index contributed by atoms with van der Waals surface area (Å²) in [5.41, 5.74) is 1.99. The van der Waals surface area contributed by atoms with Crippen LogP contribution in [0.4, 0.5) is 5.95 Å². The molecule has 10 heteroatoms. The van der Waals surface area contributed by atoms with Gasteiger partial charge in [0.25, 0.3) is 0 Å². The molecular weight excluding hydrogens is 370 g/mol. The Morgan fingerprint density at radius 2 is 2.04 bits per heavy atom. The molecule has 0 bridgehead atoms. The number of nitrogens with zero attached hydrogens (tertiary/aromatic N) is 3. The van der Waals surface area contributed by atoms with Crippen LogP contribution in [0.1, 0.15) is 13.3 Å². The number of aromatic nitrogens is 3. The number of carbonyl (C=O) groups excluding carboxylic acids is 1. The molecular formula is C17H19N5O4S. The van der Waals surface area contributed by atoms with Crippen LogP contribution in [0.5, 0.6) is 0 Å². The minimum atomic E-state index is -3.66. The molecule has 1 aromatic carbocycles. The molecule has 0 saturated carbocycles. The van der Waals surface area contributed by atoms with E-state index in [1.165, 1.54) is 17.5 Å². The first-order chi connectivity index (χ1) is 12.9. The lowest BCUT2D eigenvalue weighted by Gasteiger charge is -2.08. The Morgan fingerprint density at radius 1 is 1.22 bits per heavy atom. The van der Waals surface area contributed by atoms with Gasteiger partial charge in [0.15, 0.2) is 5.65 Å². The molecule has 3 aromatic rings. The van der Waals surface area contributed by atoms with Crippen LogP contribution >= 0.6 is 0 Å². The van der Waals surface area contributed by atoms with Crippen molar-refractivity contribution < 1.29 is 18.3 Å². The Labute approximate surface area is 156 Å². The van der Waals surface area contributed by atoms with Gasteiger partial charge in [-0.1, -0.05) is 12.1 Å². The van der Waals surface area contributed by atoms with Crippen LogP contribution in [0.15, 0.2) is 47.5 Å². The number of aliphatic hydroxyl groups excluding tert-OH is 1. The van der Waals surface area contributed by atoms with E-state index in [1.54, 1.807) is 36.5 Å². The van der Waals surface area contributed by atoms with Crippen molar-refractivity contribution in [3.63, 3.8) is 0 Å². The minimum Gasteiger partial charge on any atom is -0.396 e. The second-order valence-electron chi connectivity index (χ2n) is 5.84. The summed E-state index contributed by atoms with van der Waals surface area (Å²) in [7, 11) is -3.66. The van der Waals surface area contributed by atoms with Crippen LogP contribution in [-0.2, 0) is 14.8 Å². The van der Waals surface area contributed by atoms with Gasteiger partial charge in [0, 0.05) is 31.8 Å². The van der Waals surface area contributed by atoms with E-state index >= 15 is 0 Å². The number of aliphatic hydroxyl groups is 1. The molecule has 0 aliphatic rings. The highest BCUT2D eigenvalue weighted by atomic mass is 32.2. The molecule has 27 heavy (non-hydrogen) atoms. The standard InChI is InChI=1S/C17H19N5O4S/c1-12(24)19-17-20-16-7-6-14(11-22(16)21-17)13-4-2-5-15(10-13)27(25,26)18-8-3-9-23/h2,4-7,10-11,18,23H,3,8-9H2,1H3,(H,19,21,24). The summed E-state index contributed by atoms with van der Waals surface area (Å²) in [4.78, 5) is 15.4. The van der Waals surface area contributed by atoms with Gasteiger partial charge in [-0.3, -0.25) is 10.1 Å². The molecule has 2 aromatic heterocycles. The van der Waals surface area contributed by atoms with E-state index in [0.29, 0.717) is 17.6 Å². The largest absolute Gasteiger partial charge is 0.396 e. The van der Waals surface area contributed by atoms with Crippen LogP contribution < -0.4 is 10.0 Å². The summed E-state index contributed by atoms with van der Waals surface area (Å²) in [5, 5.41) is 15.5. The number of nitrogens with one attached hydrogen (secondary N) is 2. The molecule has 2 heterocycles. The molecule has 0 spiro atoms. The summed E-state index contributed by atoms with van der Waals surface area (Å²) in [6, 6.07) is 10.0. The number of amides is 1. The van der Waals surface area contributed by atoms with Gasteiger partial charge in [-0.25, -0.2) is 17.7 Å². The Kier molecular flexibility index (Phi) is 5.49. The van der Waals surface area contributed by atoms with Gasteiger partial charge in [-0.05, 0) is 36.2 Å². The number of pyridine rings is 1. The molecule has 9 nitrogen and oxygen atoms in total. The van der Waals surface area contributed by atoms with E-state index in [9.17, 15) is 13.2 Å². The zero-order valence-corrected chi connectivity index (χ0v) is 15.4. The molecule has 3 rings (SSSR count). The highest BCUT2D eigenvalue weighted by molar-refractivity contribution is 7.89. The molecule has 0 saturated heterocycles. The van der Waals surface area contributed by atoms with E-state index in [2.05, 4.69) is 20.1 Å². The molecule has 0 unspecified atom stereocenters. The van der Waals surface area contributed by atoms with Crippen molar-refractivity contribution in [3.8, 4) is 11.1 Å². The van der Waals surface area contributed by atoms with E-state index in [4.69, 9.17) is 5.11 Å². The Hall–Kier alpha value is -2.82. The summed E-state index contributed by atoms with van der Waals surface area (Å²) >= 11 is 0. The maximum atomic E-state index is 12.3. The van der Waals surface area contributed by atoms with Crippen molar-refractivity contribution in [2.75, 3.05) is 18.5 Å². The number of carbonyl (C=O) groups is 1. The Balaban J connectivity index is 1.91. The van der Waals surface area contributed by atoms with Crippen LogP contribution in [0.25, 0.3) is 16.8 Å². The van der Waals surface area contributed by atoms with Crippen molar-refractivity contribution >= 4 is 27.5 Å². The lowest BCUT2D eigenvalue weighted by atomic mass is 10.1. The SMILES string of the molecule is CC(=O)Nc1nc2ccc(-c3cccc(S(=O)(=O)NCCCO)c3)cn2n1. The van der Waals surface area contributed by atoms with Crippen LogP contribution in [0.3, 0.4) is 0 Å². The third-order valence-electron chi connectivity index (χ3n) is 3.72. The van der Waals surface area contributed by atoms with E-state index < -0.39 is 10.0 Å². The summed E-state index contributed by atoms with van der Waals surface area (Å²) < 4.78 is 28.7. The number of rotatable bonds is 7. The summed E-state index contributed by atoms with van der Waals surface area (Å²) in [6.45, 7) is 1.46. The van der Waals surface area contributed by atoms with E-state index in [1.807, 2.05) is 0 Å². The van der Waals surface area contributed by atoms with E-state index in [-0.39, 0.29) is 29.9 Å². The lowest BCUT2D eigenvalue weighted by Crippen LogP contribution is -2.25. The second kappa shape index (κ2) is 7.82. The third kappa shape index (κ3) is 4.48. The van der Waals surface area contributed by atoms with Crippen molar-refractivity contribution in [2.45, 2.75) is 18.2 Å². The normalized spacial score (nSPS) is 11.6. The van der Waals surface area contributed by atoms with Crippen LogP contribution in [-0.4, -0.2) is 47.2 Å². The van der Waals surface area contributed by atoms with Crippen molar-refractivity contribution in [2.24, 2.45) is 0 Å². The monoisotopic (exact) mass is 389 g/mol. The fourth-order valence-electron chi connectivity index (χ4n) is 2.48. The molecule has 0 fully saturated rings. The number of hydrogen-bond donors (Lipinski definition) is 3. The van der Waals surface area contributed by atoms with Crippen LogP contribution in [0.2, 0.25) is 0 Å². The average molecular weight is 389 g/mol. The Bertz CT molecular complexity index is 1080. The maximum absolute atomic E-state index is 12.3. The van der Waals surface area contributed by atoms with Gasteiger partial charge in [-0.2, -0.15) is 4.98 Å². The van der Waals surface area contributed by atoms with Gasteiger partial charge >= 0.3 is 0 Å². The minimum absolute atomic E-state index is 0.0824. The predicted molar refractivity (Wildman–Crippen MR) is 99.6 cm³/mol. The van der Waals surface area contributed by atoms with Crippen molar-refractivity contribution in [3.05, 3.63) is 42.6 Å². The average Bonchev–Trinajstić information content (AvgIpc) is 3.02. The summed E-state index contributed by atoms with van der Waals surface area (Å²) in [5.74, 6) is -0.0678. The topological polar surface area (TPSA) is 126 Å². The number of hydrogen-bond acceptors (Lipinski definition) is 6. The third-order valence-corrected chi connectivity index (χ3v) is 5.18. The first kappa shape index (κ1) is 19.0.